The molecule has 1 aromatic heterocycles. The van der Waals surface area contributed by atoms with Gasteiger partial charge in [0.1, 0.15) is 11.3 Å². The molecule has 0 bridgehead atoms. The number of carbonyl (C=O) groups is 1. The van der Waals surface area contributed by atoms with E-state index in [1.54, 1.807) is 36.3 Å². The van der Waals surface area contributed by atoms with Crippen molar-refractivity contribution in [3.63, 3.8) is 0 Å². The molecule has 0 spiro atoms. The zero-order chi connectivity index (χ0) is 21.4. The molecule has 1 aliphatic heterocycles. The zero-order valence-electron chi connectivity index (χ0n) is 17.1. The first-order chi connectivity index (χ1) is 15.2. The summed E-state index contributed by atoms with van der Waals surface area (Å²) in [4.78, 5) is 28.6. The molecule has 4 aromatic rings. The van der Waals surface area contributed by atoms with Crippen molar-refractivity contribution in [2.75, 3.05) is 13.7 Å². The van der Waals surface area contributed by atoms with Gasteiger partial charge >= 0.3 is 0 Å². The highest BCUT2D eigenvalue weighted by molar-refractivity contribution is 5.99. The van der Waals surface area contributed by atoms with Gasteiger partial charge in [0, 0.05) is 6.54 Å². The molecular formula is C26H21NO4. The van der Waals surface area contributed by atoms with Gasteiger partial charge in [-0.2, -0.15) is 0 Å². The van der Waals surface area contributed by atoms with Crippen molar-refractivity contribution in [3.05, 3.63) is 112 Å². The molecule has 154 valence electrons. The Morgan fingerprint density at radius 1 is 0.935 bits per heavy atom. The molecule has 0 saturated heterocycles. The third-order valence-corrected chi connectivity index (χ3v) is 5.77. The van der Waals surface area contributed by atoms with E-state index in [0.29, 0.717) is 35.2 Å². The molecule has 5 heteroatoms. The van der Waals surface area contributed by atoms with E-state index in [2.05, 4.69) is 0 Å². The quantitative estimate of drug-likeness (QED) is 0.482. The first-order valence-electron chi connectivity index (χ1n) is 10.2. The van der Waals surface area contributed by atoms with Gasteiger partial charge in [-0.25, -0.2) is 0 Å². The van der Waals surface area contributed by atoms with Crippen molar-refractivity contribution in [2.24, 2.45) is 0 Å². The van der Waals surface area contributed by atoms with Crippen molar-refractivity contribution in [1.82, 2.24) is 4.90 Å². The molecule has 5 rings (SSSR count). The van der Waals surface area contributed by atoms with Crippen LogP contribution < -0.4 is 10.2 Å². The van der Waals surface area contributed by atoms with Crippen LogP contribution in [0.5, 0.6) is 5.75 Å². The first kappa shape index (κ1) is 19.1. The number of hydrogen-bond acceptors (Lipinski definition) is 4. The highest BCUT2D eigenvalue weighted by Crippen LogP contribution is 2.39. The number of fused-ring (bicyclic) bond motifs is 2. The van der Waals surface area contributed by atoms with Gasteiger partial charge in [0.15, 0.2) is 5.43 Å². The third-order valence-electron chi connectivity index (χ3n) is 5.77. The molecule has 1 atom stereocenters. The number of hydrogen-bond donors (Lipinski definition) is 0. The Morgan fingerprint density at radius 2 is 1.71 bits per heavy atom. The zero-order valence-corrected chi connectivity index (χ0v) is 17.1. The average Bonchev–Trinajstić information content (AvgIpc) is 3.10. The van der Waals surface area contributed by atoms with Crippen LogP contribution in [-0.4, -0.2) is 24.5 Å². The highest BCUT2D eigenvalue weighted by atomic mass is 16.5. The van der Waals surface area contributed by atoms with Crippen LogP contribution in [0, 0.1) is 0 Å². The van der Waals surface area contributed by atoms with E-state index in [4.69, 9.17) is 9.15 Å². The predicted octanol–water partition coefficient (Wildman–Crippen LogP) is 4.59. The van der Waals surface area contributed by atoms with Crippen LogP contribution in [0.2, 0.25) is 0 Å². The van der Waals surface area contributed by atoms with Gasteiger partial charge < -0.3 is 14.1 Å². The van der Waals surface area contributed by atoms with Gasteiger partial charge in [-0.3, -0.25) is 9.59 Å². The van der Waals surface area contributed by atoms with E-state index in [1.165, 1.54) is 0 Å². The maximum absolute atomic E-state index is 13.5. The molecule has 2 heterocycles. The molecule has 0 radical (unpaired) electrons. The summed E-state index contributed by atoms with van der Waals surface area (Å²) in [5.74, 6) is 0.540. The van der Waals surface area contributed by atoms with Crippen LogP contribution in [0.1, 0.15) is 33.3 Å². The molecule has 0 N–H and O–H groups in total. The van der Waals surface area contributed by atoms with Gasteiger partial charge in [-0.05, 0) is 41.8 Å². The lowest BCUT2D eigenvalue weighted by Crippen LogP contribution is -2.31. The second kappa shape index (κ2) is 7.76. The summed E-state index contributed by atoms with van der Waals surface area (Å²) in [6.07, 6.45) is 0.675. The highest BCUT2D eigenvalue weighted by Gasteiger charge is 2.42. The van der Waals surface area contributed by atoms with E-state index in [9.17, 15) is 9.59 Å². The molecule has 0 aliphatic carbocycles. The summed E-state index contributed by atoms with van der Waals surface area (Å²) >= 11 is 0. The average molecular weight is 411 g/mol. The van der Waals surface area contributed by atoms with Crippen molar-refractivity contribution in [2.45, 2.75) is 12.5 Å². The lowest BCUT2D eigenvalue weighted by molar-refractivity contribution is 0.0730. The second-order valence-corrected chi connectivity index (χ2v) is 7.58. The monoisotopic (exact) mass is 411 g/mol. The first-order valence-corrected chi connectivity index (χ1v) is 10.2. The normalized spacial score (nSPS) is 15.3. The summed E-state index contributed by atoms with van der Waals surface area (Å²) in [7, 11) is 1.60. The SMILES string of the molecule is COc1cccc(C2c3c(oc4ccccc4c3=O)C(=O)N2CCc2ccccc2)c1. The van der Waals surface area contributed by atoms with E-state index in [1.807, 2.05) is 54.6 Å². The predicted molar refractivity (Wildman–Crippen MR) is 119 cm³/mol. The van der Waals surface area contributed by atoms with E-state index >= 15 is 0 Å². The fourth-order valence-corrected chi connectivity index (χ4v) is 4.25. The number of methoxy groups -OCH3 is 1. The maximum atomic E-state index is 13.5. The van der Waals surface area contributed by atoms with Crippen molar-refractivity contribution in [1.29, 1.82) is 0 Å². The standard InChI is InChI=1S/C26H21NO4/c1-30-19-11-7-10-18(16-19)23-22-24(28)20-12-5-6-13-21(20)31-25(22)26(29)27(23)15-14-17-8-3-2-4-9-17/h2-13,16,23H,14-15H2,1H3. The largest absolute Gasteiger partial charge is 0.497 e. The summed E-state index contributed by atoms with van der Waals surface area (Å²) in [6, 6.07) is 24.0. The van der Waals surface area contributed by atoms with Crippen molar-refractivity contribution < 1.29 is 13.9 Å². The van der Waals surface area contributed by atoms with Gasteiger partial charge in [0.2, 0.25) is 5.76 Å². The minimum Gasteiger partial charge on any atom is -0.497 e. The molecule has 3 aromatic carbocycles. The van der Waals surface area contributed by atoms with Gasteiger partial charge in [-0.1, -0.05) is 54.6 Å². The summed E-state index contributed by atoms with van der Waals surface area (Å²) < 4.78 is 11.4. The van der Waals surface area contributed by atoms with Gasteiger partial charge in [0.05, 0.1) is 24.1 Å². The Labute approximate surface area is 179 Å². The summed E-state index contributed by atoms with van der Waals surface area (Å²) in [5, 5.41) is 0.479. The Kier molecular flexibility index (Phi) is 4.79. The Bertz CT molecular complexity index is 1330. The topological polar surface area (TPSA) is 59.8 Å². The number of carbonyl (C=O) groups excluding carboxylic acids is 1. The number of nitrogens with zero attached hydrogens (tertiary/aromatic N) is 1. The van der Waals surface area contributed by atoms with Crippen molar-refractivity contribution >= 4 is 16.9 Å². The number of para-hydroxylation sites is 1. The molecule has 1 amide bonds. The molecule has 0 saturated carbocycles. The van der Waals surface area contributed by atoms with E-state index in [-0.39, 0.29) is 17.1 Å². The van der Waals surface area contributed by atoms with Gasteiger partial charge in [-0.15, -0.1) is 0 Å². The maximum Gasteiger partial charge on any atom is 0.290 e. The Balaban J connectivity index is 1.65. The van der Waals surface area contributed by atoms with Crippen LogP contribution in [-0.2, 0) is 6.42 Å². The van der Waals surface area contributed by atoms with Crippen LogP contribution in [0.3, 0.4) is 0 Å². The Hall–Kier alpha value is -3.86. The lowest BCUT2D eigenvalue weighted by atomic mass is 9.98. The fourth-order valence-electron chi connectivity index (χ4n) is 4.25. The van der Waals surface area contributed by atoms with Crippen LogP contribution in [0.4, 0.5) is 0 Å². The summed E-state index contributed by atoms with van der Waals surface area (Å²) in [6.45, 7) is 0.463. The second-order valence-electron chi connectivity index (χ2n) is 7.58. The number of benzene rings is 3. The molecular weight excluding hydrogens is 390 g/mol. The van der Waals surface area contributed by atoms with E-state index in [0.717, 1.165) is 11.1 Å². The lowest BCUT2D eigenvalue weighted by Gasteiger charge is -2.25. The van der Waals surface area contributed by atoms with E-state index < -0.39 is 6.04 Å². The smallest absolute Gasteiger partial charge is 0.290 e. The van der Waals surface area contributed by atoms with Crippen LogP contribution in [0.25, 0.3) is 11.0 Å². The summed E-state index contributed by atoms with van der Waals surface area (Å²) in [5.41, 5.74) is 2.60. The molecule has 31 heavy (non-hydrogen) atoms. The van der Waals surface area contributed by atoms with Crippen LogP contribution >= 0.6 is 0 Å². The minimum absolute atomic E-state index is 0.129. The number of rotatable bonds is 5. The number of ether oxygens (including phenoxy) is 1. The fraction of sp³-hybridized carbons (Fsp3) is 0.154. The molecule has 1 aliphatic rings. The number of amides is 1. The van der Waals surface area contributed by atoms with Crippen molar-refractivity contribution in [3.8, 4) is 5.75 Å². The molecule has 1 unspecified atom stereocenters. The Morgan fingerprint density at radius 3 is 2.52 bits per heavy atom. The molecule has 0 fully saturated rings. The minimum atomic E-state index is -0.526. The van der Waals surface area contributed by atoms with Crippen LogP contribution in [0.15, 0.2) is 88.1 Å². The van der Waals surface area contributed by atoms with Gasteiger partial charge in [0.25, 0.3) is 5.91 Å². The third kappa shape index (κ3) is 3.28. The molecule has 5 nitrogen and oxygen atoms in total.